The third kappa shape index (κ3) is 4.02. The molecule has 0 aromatic carbocycles. The monoisotopic (exact) mass is 301 g/mol. The van der Waals surface area contributed by atoms with Gasteiger partial charge in [0.15, 0.2) is 0 Å². The first-order chi connectivity index (χ1) is 9.47. The fourth-order valence-electron chi connectivity index (χ4n) is 2.04. The summed E-state index contributed by atoms with van der Waals surface area (Å²) >= 11 is 0. The number of carbonyl (C=O) groups excluding carboxylic acids is 1. The largest absolute Gasteiger partial charge is 0.351 e. The van der Waals surface area contributed by atoms with Crippen LogP contribution in [0.2, 0.25) is 0 Å². The first kappa shape index (κ1) is 14.9. The molecule has 1 atom stereocenters. The Morgan fingerprint density at radius 2 is 2.40 bits per heavy atom. The number of hydrogen-bond acceptors (Lipinski definition) is 5. The van der Waals surface area contributed by atoms with E-state index in [1.165, 1.54) is 17.1 Å². The van der Waals surface area contributed by atoms with E-state index in [-0.39, 0.29) is 23.4 Å². The topological polar surface area (TPSA) is 105 Å². The molecule has 9 heteroatoms. The van der Waals surface area contributed by atoms with Crippen LogP contribution in [0.25, 0.3) is 0 Å². The van der Waals surface area contributed by atoms with E-state index in [1.807, 2.05) is 0 Å². The number of nitrogens with zero attached hydrogens (tertiary/aromatic N) is 2. The van der Waals surface area contributed by atoms with Gasteiger partial charge in [0.1, 0.15) is 4.90 Å². The average molecular weight is 301 g/mol. The standard InChI is InChI=1S/C11H19N5O3S/c1-16-8-10(6-13-16)20(18,19)14-7-11(17)15-9-3-2-4-12-5-9/h6,8-9,12,14H,2-5,7H2,1H3,(H,15,17)/t9-/m0/s1. The highest BCUT2D eigenvalue weighted by molar-refractivity contribution is 7.89. The van der Waals surface area contributed by atoms with Gasteiger partial charge < -0.3 is 10.6 Å². The molecule has 1 saturated heterocycles. The van der Waals surface area contributed by atoms with Crippen molar-refractivity contribution in [2.45, 2.75) is 23.8 Å². The van der Waals surface area contributed by atoms with Crippen molar-refractivity contribution in [3.8, 4) is 0 Å². The number of piperidine rings is 1. The molecule has 1 amide bonds. The van der Waals surface area contributed by atoms with Crippen LogP contribution in [-0.4, -0.2) is 49.8 Å². The van der Waals surface area contributed by atoms with Crippen LogP contribution in [0, 0.1) is 0 Å². The second-order valence-corrected chi connectivity index (χ2v) is 6.55. The van der Waals surface area contributed by atoms with Gasteiger partial charge in [-0.1, -0.05) is 0 Å². The summed E-state index contributed by atoms with van der Waals surface area (Å²) in [5.74, 6) is -0.328. The molecule has 1 aliphatic heterocycles. The number of hydrogen-bond donors (Lipinski definition) is 3. The van der Waals surface area contributed by atoms with E-state index in [0.29, 0.717) is 0 Å². The van der Waals surface area contributed by atoms with Gasteiger partial charge in [-0.15, -0.1) is 0 Å². The van der Waals surface area contributed by atoms with E-state index < -0.39 is 10.0 Å². The Hall–Kier alpha value is -1.45. The smallest absolute Gasteiger partial charge is 0.244 e. The number of nitrogens with one attached hydrogen (secondary N) is 3. The van der Waals surface area contributed by atoms with E-state index in [0.717, 1.165) is 25.9 Å². The van der Waals surface area contributed by atoms with Gasteiger partial charge in [-0.2, -0.15) is 5.10 Å². The summed E-state index contributed by atoms with van der Waals surface area (Å²) < 4.78 is 27.4. The summed E-state index contributed by atoms with van der Waals surface area (Å²) in [7, 11) is -2.06. The van der Waals surface area contributed by atoms with Crippen LogP contribution in [0.4, 0.5) is 0 Å². The maximum absolute atomic E-state index is 11.9. The lowest BCUT2D eigenvalue weighted by Gasteiger charge is -2.23. The molecule has 8 nitrogen and oxygen atoms in total. The number of amides is 1. The minimum Gasteiger partial charge on any atom is -0.351 e. The summed E-state index contributed by atoms with van der Waals surface area (Å²) in [6, 6.07) is 0.0687. The van der Waals surface area contributed by atoms with Crippen LogP contribution in [-0.2, 0) is 21.9 Å². The van der Waals surface area contributed by atoms with Crippen LogP contribution < -0.4 is 15.4 Å². The Bertz CT molecular complexity index is 562. The van der Waals surface area contributed by atoms with Crippen molar-refractivity contribution in [1.82, 2.24) is 25.1 Å². The average Bonchev–Trinajstić information content (AvgIpc) is 2.85. The van der Waals surface area contributed by atoms with Crippen LogP contribution in [0.5, 0.6) is 0 Å². The van der Waals surface area contributed by atoms with Gasteiger partial charge in [-0.3, -0.25) is 9.48 Å². The Labute approximate surface area is 118 Å². The molecule has 1 aromatic heterocycles. The molecule has 0 radical (unpaired) electrons. The minimum absolute atomic E-state index is 0.0483. The van der Waals surface area contributed by atoms with Crippen molar-refractivity contribution in [1.29, 1.82) is 0 Å². The lowest BCUT2D eigenvalue weighted by atomic mass is 10.1. The van der Waals surface area contributed by atoms with Crippen molar-refractivity contribution in [2.75, 3.05) is 19.6 Å². The molecule has 112 valence electrons. The fourth-order valence-corrected chi connectivity index (χ4v) is 3.00. The van der Waals surface area contributed by atoms with E-state index in [4.69, 9.17) is 0 Å². The highest BCUT2D eigenvalue weighted by Gasteiger charge is 2.19. The van der Waals surface area contributed by atoms with Crippen molar-refractivity contribution in [2.24, 2.45) is 7.05 Å². The summed E-state index contributed by atoms with van der Waals surface area (Å²) in [5.41, 5.74) is 0. The zero-order chi connectivity index (χ0) is 14.6. The second kappa shape index (κ2) is 6.33. The molecule has 0 bridgehead atoms. The second-order valence-electron chi connectivity index (χ2n) is 4.79. The zero-order valence-corrected chi connectivity index (χ0v) is 12.1. The lowest BCUT2D eigenvalue weighted by Crippen LogP contribution is -2.48. The first-order valence-corrected chi connectivity index (χ1v) is 7.94. The molecule has 0 saturated carbocycles. The molecule has 2 rings (SSSR count). The van der Waals surface area contributed by atoms with Gasteiger partial charge in [0.05, 0.1) is 12.7 Å². The molecule has 20 heavy (non-hydrogen) atoms. The number of aryl methyl sites for hydroxylation is 1. The molecule has 0 unspecified atom stereocenters. The van der Waals surface area contributed by atoms with Crippen LogP contribution >= 0.6 is 0 Å². The summed E-state index contributed by atoms with van der Waals surface area (Å²) in [5, 5.41) is 9.77. The molecule has 0 aliphatic carbocycles. The lowest BCUT2D eigenvalue weighted by molar-refractivity contribution is -0.120. The molecule has 1 aliphatic rings. The van der Waals surface area contributed by atoms with E-state index in [9.17, 15) is 13.2 Å². The maximum atomic E-state index is 11.9. The Kier molecular flexibility index (Phi) is 4.73. The van der Waals surface area contributed by atoms with E-state index >= 15 is 0 Å². The Morgan fingerprint density at radius 3 is 3.00 bits per heavy atom. The number of sulfonamides is 1. The van der Waals surface area contributed by atoms with Crippen molar-refractivity contribution < 1.29 is 13.2 Å². The molecule has 3 N–H and O–H groups in total. The van der Waals surface area contributed by atoms with Gasteiger partial charge in [0.2, 0.25) is 15.9 Å². The minimum atomic E-state index is -3.69. The van der Waals surface area contributed by atoms with Gasteiger partial charge in [0.25, 0.3) is 0 Å². The highest BCUT2D eigenvalue weighted by atomic mass is 32.2. The Morgan fingerprint density at radius 1 is 1.60 bits per heavy atom. The molecule has 1 fully saturated rings. The van der Waals surface area contributed by atoms with Crippen LogP contribution in [0.1, 0.15) is 12.8 Å². The van der Waals surface area contributed by atoms with E-state index in [1.54, 1.807) is 7.05 Å². The summed E-state index contributed by atoms with van der Waals surface area (Å²) in [6.07, 6.45) is 4.54. The SMILES string of the molecule is Cn1cc(S(=O)(=O)NCC(=O)N[C@H]2CCCNC2)cn1. The van der Waals surface area contributed by atoms with Crippen LogP contribution in [0.3, 0.4) is 0 Å². The maximum Gasteiger partial charge on any atom is 0.244 e. The first-order valence-electron chi connectivity index (χ1n) is 6.46. The summed E-state index contributed by atoms with van der Waals surface area (Å²) in [6.45, 7) is 1.41. The molecule has 1 aromatic rings. The third-order valence-electron chi connectivity index (χ3n) is 3.08. The van der Waals surface area contributed by atoms with E-state index in [2.05, 4.69) is 20.5 Å². The number of carbonyl (C=O) groups is 1. The number of aromatic nitrogens is 2. The molecular weight excluding hydrogens is 282 g/mol. The van der Waals surface area contributed by atoms with Crippen LogP contribution in [0.15, 0.2) is 17.3 Å². The molecular formula is C11H19N5O3S. The predicted molar refractivity (Wildman–Crippen MR) is 72.4 cm³/mol. The van der Waals surface area contributed by atoms with Gasteiger partial charge in [-0.05, 0) is 19.4 Å². The van der Waals surface area contributed by atoms with Gasteiger partial charge in [0, 0.05) is 25.8 Å². The predicted octanol–water partition coefficient (Wildman–Crippen LogP) is -1.43. The van der Waals surface area contributed by atoms with Crippen molar-refractivity contribution >= 4 is 15.9 Å². The Balaban J connectivity index is 1.83. The quantitative estimate of drug-likeness (QED) is 0.618. The number of rotatable bonds is 5. The third-order valence-corrected chi connectivity index (χ3v) is 4.43. The highest BCUT2D eigenvalue weighted by Crippen LogP contribution is 2.05. The fraction of sp³-hybridized carbons (Fsp3) is 0.636. The van der Waals surface area contributed by atoms with Crippen molar-refractivity contribution in [3.05, 3.63) is 12.4 Å². The summed E-state index contributed by atoms with van der Waals surface area (Å²) in [4.78, 5) is 11.8. The normalized spacial score (nSPS) is 19.8. The van der Waals surface area contributed by atoms with Gasteiger partial charge >= 0.3 is 0 Å². The van der Waals surface area contributed by atoms with Crippen molar-refractivity contribution in [3.63, 3.8) is 0 Å². The zero-order valence-electron chi connectivity index (χ0n) is 11.3. The molecule has 0 spiro atoms. The van der Waals surface area contributed by atoms with Gasteiger partial charge in [-0.25, -0.2) is 13.1 Å². The molecule has 2 heterocycles.